The summed E-state index contributed by atoms with van der Waals surface area (Å²) < 4.78 is 2.04. The molecule has 0 aliphatic carbocycles. The Morgan fingerprint density at radius 3 is 3.20 bits per heavy atom. The molecule has 0 atom stereocenters. The first-order valence-corrected chi connectivity index (χ1v) is 9.17. The molecule has 0 saturated carbocycles. The summed E-state index contributed by atoms with van der Waals surface area (Å²) >= 11 is 1.45. The molecule has 4 heterocycles. The van der Waals surface area contributed by atoms with Crippen molar-refractivity contribution in [3.05, 3.63) is 35.0 Å². The third kappa shape index (κ3) is 3.27. The van der Waals surface area contributed by atoms with Crippen molar-refractivity contribution >= 4 is 35.3 Å². The topological polar surface area (TPSA) is 78.7 Å². The van der Waals surface area contributed by atoms with E-state index in [0.29, 0.717) is 24.5 Å². The zero-order chi connectivity index (χ0) is 17.2. The van der Waals surface area contributed by atoms with E-state index in [1.165, 1.54) is 11.8 Å². The van der Waals surface area contributed by atoms with E-state index >= 15 is 0 Å². The van der Waals surface area contributed by atoms with Gasteiger partial charge in [0.25, 0.3) is 5.91 Å². The van der Waals surface area contributed by atoms with E-state index in [1.54, 1.807) is 6.20 Å². The van der Waals surface area contributed by atoms with Crippen LogP contribution in [0.15, 0.2) is 34.3 Å². The molecule has 25 heavy (non-hydrogen) atoms. The maximum Gasteiger partial charge on any atom is 0.258 e. The second kappa shape index (κ2) is 6.89. The molecule has 1 fully saturated rings. The molecular weight excluding hydrogens is 338 g/mol. The van der Waals surface area contributed by atoms with Gasteiger partial charge >= 0.3 is 0 Å². The number of carbonyl (C=O) groups excluding carboxylic acids is 2. The van der Waals surface area contributed by atoms with Crippen molar-refractivity contribution in [2.75, 3.05) is 32.7 Å². The maximum atomic E-state index is 12.4. The lowest BCUT2D eigenvalue weighted by atomic mass is 10.3. The third-order valence-corrected chi connectivity index (χ3v) is 5.37. The fraction of sp³-hybridized carbons (Fsp3) is 0.353. The number of hydrogen-bond acceptors (Lipinski definition) is 5. The third-order valence-electron chi connectivity index (χ3n) is 4.32. The fourth-order valence-corrected chi connectivity index (χ4v) is 4.05. The van der Waals surface area contributed by atoms with Gasteiger partial charge in [-0.05, 0) is 24.6 Å². The van der Waals surface area contributed by atoms with Crippen LogP contribution in [0.25, 0.3) is 11.7 Å². The Kier molecular flexibility index (Phi) is 4.46. The van der Waals surface area contributed by atoms with Crippen LogP contribution < -0.4 is 10.6 Å². The minimum absolute atomic E-state index is 0.0823. The summed E-state index contributed by atoms with van der Waals surface area (Å²) in [6.45, 7) is 3.22. The summed E-state index contributed by atoms with van der Waals surface area (Å²) in [5.74, 6) is 0.0468. The summed E-state index contributed by atoms with van der Waals surface area (Å²) in [6.07, 6.45) is 4.40. The highest BCUT2D eigenvalue weighted by Crippen LogP contribution is 2.34. The number of carbonyl (C=O) groups is 2. The van der Waals surface area contributed by atoms with E-state index < -0.39 is 0 Å². The first kappa shape index (κ1) is 16.2. The van der Waals surface area contributed by atoms with E-state index in [2.05, 4.69) is 15.6 Å². The van der Waals surface area contributed by atoms with Crippen LogP contribution in [0.1, 0.15) is 12.1 Å². The van der Waals surface area contributed by atoms with Crippen LogP contribution in [0.3, 0.4) is 0 Å². The average molecular weight is 357 g/mol. The highest BCUT2D eigenvalue weighted by molar-refractivity contribution is 8.04. The van der Waals surface area contributed by atoms with Gasteiger partial charge in [0, 0.05) is 26.2 Å². The predicted octanol–water partition coefficient (Wildman–Crippen LogP) is 0.719. The van der Waals surface area contributed by atoms with Crippen LogP contribution in [-0.4, -0.2) is 58.8 Å². The Bertz CT molecular complexity index is 860. The van der Waals surface area contributed by atoms with Gasteiger partial charge in [-0.1, -0.05) is 17.8 Å². The molecule has 0 bridgehead atoms. The summed E-state index contributed by atoms with van der Waals surface area (Å²) in [5.41, 5.74) is 1.80. The summed E-state index contributed by atoms with van der Waals surface area (Å²) in [7, 11) is 0. The molecule has 2 aliphatic heterocycles. The summed E-state index contributed by atoms with van der Waals surface area (Å²) in [6, 6.07) is 5.88. The van der Waals surface area contributed by atoms with Crippen molar-refractivity contribution in [3.8, 4) is 0 Å². The van der Waals surface area contributed by atoms with Crippen LogP contribution in [0, 0.1) is 0 Å². The molecule has 2 aromatic rings. The second-order valence-corrected chi connectivity index (χ2v) is 7.08. The minimum Gasteiger partial charge on any atom is -0.352 e. The zero-order valence-electron chi connectivity index (χ0n) is 13.7. The zero-order valence-corrected chi connectivity index (χ0v) is 14.5. The number of imidazole rings is 1. The van der Waals surface area contributed by atoms with E-state index in [0.717, 1.165) is 35.9 Å². The molecule has 2 aliphatic rings. The van der Waals surface area contributed by atoms with Crippen LogP contribution >= 0.6 is 11.8 Å². The maximum absolute atomic E-state index is 12.4. The number of nitrogens with zero attached hydrogens (tertiary/aromatic N) is 3. The van der Waals surface area contributed by atoms with Crippen molar-refractivity contribution < 1.29 is 9.59 Å². The van der Waals surface area contributed by atoms with Crippen molar-refractivity contribution in [1.29, 1.82) is 0 Å². The van der Waals surface area contributed by atoms with E-state index in [1.807, 2.05) is 33.6 Å². The molecule has 130 valence electrons. The fourth-order valence-electron chi connectivity index (χ4n) is 3.04. The normalized spacial score (nSPS) is 16.9. The highest BCUT2D eigenvalue weighted by atomic mass is 32.2. The number of nitrogens with one attached hydrogen (secondary N) is 2. The number of amides is 2. The van der Waals surface area contributed by atoms with E-state index in [-0.39, 0.29) is 11.8 Å². The Hall–Kier alpha value is -2.32. The van der Waals surface area contributed by atoms with Gasteiger partial charge in [0.1, 0.15) is 5.65 Å². The van der Waals surface area contributed by atoms with Crippen molar-refractivity contribution in [2.24, 2.45) is 0 Å². The van der Waals surface area contributed by atoms with Gasteiger partial charge in [-0.3, -0.25) is 14.0 Å². The predicted molar refractivity (Wildman–Crippen MR) is 96.1 cm³/mol. The van der Waals surface area contributed by atoms with Crippen LogP contribution in [0.2, 0.25) is 0 Å². The lowest BCUT2D eigenvalue weighted by Crippen LogP contribution is -2.48. The number of thioether (sulfide) groups is 1. The van der Waals surface area contributed by atoms with Crippen LogP contribution in [-0.2, 0) is 9.59 Å². The van der Waals surface area contributed by atoms with E-state index in [4.69, 9.17) is 0 Å². The molecular formula is C17H19N5O2S. The molecule has 0 aromatic carbocycles. The Labute approximate surface area is 149 Å². The molecule has 0 radical (unpaired) electrons. The first-order chi connectivity index (χ1) is 12.2. The Morgan fingerprint density at radius 2 is 2.32 bits per heavy atom. The molecule has 2 aromatic heterocycles. The van der Waals surface area contributed by atoms with Gasteiger partial charge in [0.2, 0.25) is 5.91 Å². The smallest absolute Gasteiger partial charge is 0.258 e. The van der Waals surface area contributed by atoms with Gasteiger partial charge < -0.3 is 15.5 Å². The quantitative estimate of drug-likeness (QED) is 0.771. The lowest BCUT2D eigenvalue weighted by molar-refractivity contribution is -0.131. The minimum atomic E-state index is -0.0823. The van der Waals surface area contributed by atoms with Gasteiger partial charge in [0.05, 0.1) is 28.4 Å². The number of piperazine rings is 1. The molecule has 2 N–H and O–H groups in total. The monoisotopic (exact) mass is 357 g/mol. The number of hydrogen-bond donors (Lipinski definition) is 2. The van der Waals surface area contributed by atoms with Crippen molar-refractivity contribution in [3.63, 3.8) is 0 Å². The summed E-state index contributed by atoms with van der Waals surface area (Å²) in [4.78, 5) is 31.0. The molecule has 7 nitrogen and oxygen atoms in total. The highest BCUT2D eigenvalue weighted by Gasteiger charge is 2.20. The first-order valence-electron chi connectivity index (χ1n) is 8.35. The largest absolute Gasteiger partial charge is 0.352 e. The average Bonchev–Trinajstić information content (AvgIpc) is 3.05. The van der Waals surface area contributed by atoms with Crippen molar-refractivity contribution in [1.82, 2.24) is 24.9 Å². The number of aromatic nitrogens is 2. The molecule has 0 unspecified atom stereocenters. The molecule has 8 heteroatoms. The Morgan fingerprint density at radius 1 is 1.40 bits per heavy atom. The van der Waals surface area contributed by atoms with Gasteiger partial charge in [-0.2, -0.15) is 0 Å². The van der Waals surface area contributed by atoms with Crippen molar-refractivity contribution in [2.45, 2.75) is 11.4 Å². The van der Waals surface area contributed by atoms with Gasteiger partial charge in [-0.15, -0.1) is 0 Å². The van der Waals surface area contributed by atoms with Gasteiger partial charge in [0.15, 0.2) is 0 Å². The number of rotatable bonds is 5. The Balaban J connectivity index is 1.33. The van der Waals surface area contributed by atoms with Crippen LogP contribution in [0.4, 0.5) is 0 Å². The molecule has 4 rings (SSSR count). The summed E-state index contributed by atoms with van der Waals surface area (Å²) in [5, 5.41) is 6.99. The van der Waals surface area contributed by atoms with E-state index in [9.17, 15) is 9.59 Å². The van der Waals surface area contributed by atoms with Gasteiger partial charge in [-0.25, -0.2) is 4.98 Å². The lowest BCUT2D eigenvalue weighted by Gasteiger charge is -2.27. The SMILES string of the molecule is O=C(NCCCN1CCNCC1=O)C1=Cc2cnc3cccc(n23)S1. The standard InChI is InChI=1S/C17H19N5O2S/c23-15-11-18-6-8-21(15)7-2-5-19-17(24)13-9-12-10-20-14-3-1-4-16(25-13)22(12)14/h1,3-4,9-10,18H,2,5-8,11H2,(H,19,24). The second-order valence-electron chi connectivity index (χ2n) is 6.02. The molecule has 1 saturated heterocycles. The molecule has 2 amide bonds. The number of pyridine rings is 1. The molecule has 0 spiro atoms. The van der Waals surface area contributed by atoms with Crippen LogP contribution in [0.5, 0.6) is 0 Å².